The molecule has 1 fully saturated rings. The Morgan fingerprint density at radius 3 is 2.48 bits per heavy atom. The third kappa shape index (κ3) is 3.93. The summed E-state index contributed by atoms with van der Waals surface area (Å²) in [5, 5.41) is 6.31. The number of benzene rings is 2. The van der Waals surface area contributed by atoms with E-state index in [-0.39, 0.29) is 5.91 Å². The highest BCUT2D eigenvalue weighted by Gasteiger charge is 2.19. The standard InChI is InChI=1S/C22H23N3O2/c1-15-20(25-22(27-15)18-5-3-2-4-6-18)21(26)24-19-9-7-16(8-10-19)17-11-13-23-14-12-17/h2-10,17,23H,11-14H2,1H3,(H,24,26). The second-order valence-electron chi connectivity index (χ2n) is 6.89. The maximum Gasteiger partial charge on any atom is 0.277 e. The van der Waals surface area contributed by atoms with E-state index in [1.165, 1.54) is 5.56 Å². The summed E-state index contributed by atoms with van der Waals surface area (Å²) in [7, 11) is 0. The van der Waals surface area contributed by atoms with Crippen LogP contribution in [0.5, 0.6) is 0 Å². The van der Waals surface area contributed by atoms with Gasteiger partial charge in [-0.05, 0) is 68.6 Å². The molecule has 4 rings (SSSR count). The number of anilines is 1. The van der Waals surface area contributed by atoms with Crippen molar-refractivity contribution in [1.82, 2.24) is 10.3 Å². The van der Waals surface area contributed by atoms with Crippen molar-refractivity contribution in [2.45, 2.75) is 25.7 Å². The second kappa shape index (κ2) is 7.76. The monoisotopic (exact) mass is 361 g/mol. The number of aryl methyl sites for hydroxylation is 1. The Labute approximate surface area is 158 Å². The Morgan fingerprint density at radius 2 is 1.78 bits per heavy atom. The molecule has 2 aromatic carbocycles. The van der Waals surface area contributed by atoms with Crippen molar-refractivity contribution >= 4 is 11.6 Å². The lowest BCUT2D eigenvalue weighted by molar-refractivity contribution is 0.102. The molecule has 0 bridgehead atoms. The second-order valence-corrected chi connectivity index (χ2v) is 6.89. The SMILES string of the molecule is Cc1oc(-c2ccccc2)nc1C(=O)Nc1ccc(C2CCNCC2)cc1. The van der Waals surface area contributed by atoms with Crippen molar-refractivity contribution in [3.8, 4) is 11.5 Å². The Balaban J connectivity index is 1.47. The molecular formula is C22H23N3O2. The molecular weight excluding hydrogens is 338 g/mol. The first-order valence-corrected chi connectivity index (χ1v) is 9.35. The zero-order chi connectivity index (χ0) is 18.6. The summed E-state index contributed by atoms with van der Waals surface area (Å²) in [6, 6.07) is 17.7. The number of hydrogen-bond acceptors (Lipinski definition) is 4. The van der Waals surface area contributed by atoms with Crippen LogP contribution in [0.25, 0.3) is 11.5 Å². The Bertz CT molecular complexity index is 910. The first kappa shape index (κ1) is 17.5. The van der Waals surface area contributed by atoms with Crippen LogP contribution in [0.15, 0.2) is 59.0 Å². The Hall–Kier alpha value is -2.92. The molecule has 2 heterocycles. The van der Waals surface area contributed by atoms with E-state index in [1.807, 2.05) is 42.5 Å². The zero-order valence-electron chi connectivity index (χ0n) is 15.4. The highest BCUT2D eigenvalue weighted by atomic mass is 16.4. The van der Waals surface area contributed by atoms with E-state index in [0.717, 1.165) is 37.2 Å². The van der Waals surface area contributed by atoms with E-state index in [2.05, 4.69) is 27.8 Å². The highest BCUT2D eigenvalue weighted by molar-refractivity contribution is 6.03. The van der Waals surface area contributed by atoms with Crippen molar-refractivity contribution in [3.63, 3.8) is 0 Å². The number of piperidine rings is 1. The molecule has 0 aliphatic carbocycles. The predicted octanol–water partition coefficient (Wildman–Crippen LogP) is 4.37. The van der Waals surface area contributed by atoms with Crippen LogP contribution < -0.4 is 10.6 Å². The molecule has 1 aromatic heterocycles. The van der Waals surface area contributed by atoms with E-state index in [9.17, 15) is 4.79 Å². The largest absolute Gasteiger partial charge is 0.441 e. The van der Waals surface area contributed by atoms with E-state index in [0.29, 0.717) is 23.3 Å². The van der Waals surface area contributed by atoms with Crippen molar-refractivity contribution in [3.05, 3.63) is 71.6 Å². The van der Waals surface area contributed by atoms with Crippen molar-refractivity contribution in [2.75, 3.05) is 18.4 Å². The van der Waals surface area contributed by atoms with Gasteiger partial charge in [0.25, 0.3) is 5.91 Å². The van der Waals surface area contributed by atoms with Gasteiger partial charge in [0.15, 0.2) is 5.69 Å². The lowest BCUT2D eigenvalue weighted by Gasteiger charge is -2.23. The van der Waals surface area contributed by atoms with Gasteiger partial charge in [-0.15, -0.1) is 0 Å². The average molecular weight is 361 g/mol. The van der Waals surface area contributed by atoms with Gasteiger partial charge in [-0.3, -0.25) is 4.79 Å². The topological polar surface area (TPSA) is 67.2 Å². The minimum atomic E-state index is -0.256. The Morgan fingerprint density at radius 1 is 1.07 bits per heavy atom. The first-order valence-electron chi connectivity index (χ1n) is 9.35. The molecule has 3 aromatic rings. The molecule has 1 aliphatic heterocycles. The molecule has 138 valence electrons. The minimum Gasteiger partial charge on any atom is -0.441 e. The van der Waals surface area contributed by atoms with Gasteiger partial charge in [0, 0.05) is 11.3 Å². The number of hydrogen-bond donors (Lipinski definition) is 2. The molecule has 2 N–H and O–H groups in total. The number of rotatable bonds is 4. The summed E-state index contributed by atoms with van der Waals surface area (Å²) in [5.74, 6) is 1.31. The fourth-order valence-electron chi connectivity index (χ4n) is 3.50. The van der Waals surface area contributed by atoms with Gasteiger partial charge >= 0.3 is 0 Å². The maximum absolute atomic E-state index is 12.6. The van der Waals surface area contributed by atoms with Crippen molar-refractivity contribution in [1.29, 1.82) is 0 Å². The molecule has 27 heavy (non-hydrogen) atoms. The van der Waals surface area contributed by atoms with Gasteiger partial charge in [-0.1, -0.05) is 30.3 Å². The molecule has 1 amide bonds. The van der Waals surface area contributed by atoms with Crippen LogP contribution in [-0.4, -0.2) is 24.0 Å². The van der Waals surface area contributed by atoms with E-state index in [1.54, 1.807) is 6.92 Å². The van der Waals surface area contributed by atoms with E-state index >= 15 is 0 Å². The number of aromatic nitrogens is 1. The first-order chi connectivity index (χ1) is 13.2. The predicted molar refractivity (Wildman–Crippen MR) is 106 cm³/mol. The molecule has 5 nitrogen and oxygen atoms in total. The highest BCUT2D eigenvalue weighted by Crippen LogP contribution is 2.27. The van der Waals surface area contributed by atoms with Crippen LogP contribution >= 0.6 is 0 Å². The van der Waals surface area contributed by atoms with Crippen LogP contribution in [0, 0.1) is 6.92 Å². The maximum atomic E-state index is 12.6. The van der Waals surface area contributed by atoms with Crippen LogP contribution in [0.2, 0.25) is 0 Å². The fourth-order valence-corrected chi connectivity index (χ4v) is 3.50. The van der Waals surface area contributed by atoms with E-state index < -0.39 is 0 Å². The summed E-state index contributed by atoms with van der Waals surface area (Å²) in [5.41, 5.74) is 3.27. The number of amides is 1. The average Bonchev–Trinajstić information content (AvgIpc) is 3.12. The molecule has 0 atom stereocenters. The summed E-state index contributed by atoms with van der Waals surface area (Å²) >= 11 is 0. The van der Waals surface area contributed by atoms with Crippen LogP contribution in [-0.2, 0) is 0 Å². The van der Waals surface area contributed by atoms with Crippen molar-refractivity contribution in [2.24, 2.45) is 0 Å². The van der Waals surface area contributed by atoms with Gasteiger partial charge < -0.3 is 15.1 Å². The van der Waals surface area contributed by atoms with Crippen LogP contribution in [0.4, 0.5) is 5.69 Å². The van der Waals surface area contributed by atoms with Gasteiger partial charge in [-0.25, -0.2) is 4.98 Å². The van der Waals surface area contributed by atoms with Gasteiger partial charge in [0.1, 0.15) is 5.76 Å². The molecule has 1 saturated heterocycles. The molecule has 0 radical (unpaired) electrons. The molecule has 5 heteroatoms. The fraction of sp³-hybridized carbons (Fsp3) is 0.273. The molecule has 0 spiro atoms. The van der Waals surface area contributed by atoms with Crippen LogP contribution in [0.3, 0.4) is 0 Å². The normalized spacial score (nSPS) is 14.9. The quantitative estimate of drug-likeness (QED) is 0.724. The van der Waals surface area contributed by atoms with Gasteiger partial charge in [0.05, 0.1) is 0 Å². The molecule has 1 aliphatic rings. The smallest absolute Gasteiger partial charge is 0.277 e. The van der Waals surface area contributed by atoms with Crippen molar-refractivity contribution < 1.29 is 9.21 Å². The summed E-state index contributed by atoms with van der Waals surface area (Å²) in [4.78, 5) is 17.0. The zero-order valence-corrected chi connectivity index (χ0v) is 15.4. The summed E-state index contributed by atoms with van der Waals surface area (Å²) in [6.45, 7) is 3.89. The number of nitrogens with zero attached hydrogens (tertiary/aromatic N) is 1. The number of carbonyl (C=O) groups excluding carboxylic acids is 1. The molecule has 0 saturated carbocycles. The molecule has 0 unspecified atom stereocenters. The minimum absolute atomic E-state index is 0.256. The summed E-state index contributed by atoms with van der Waals surface area (Å²) in [6.07, 6.45) is 2.32. The lowest BCUT2D eigenvalue weighted by atomic mass is 9.90. The van der Waals surface area contributed by atoms with Gasteiger partial charge in [-0.2, -0.15) is 0 Å². The third-order valence-corrected chi connectivity index (χ3v) is 5.01. The van der Waals surface area contributed by atoms with Gasteiger partial charge in [0.2, 0.25) is 5.89 Å². The lowest BCUT2D eigenvalue weighted by Crippen LogP contribution is -2.26. The summed E-state index contributed by atoms with van der Waals surface area (Å²) < 4.78 is 5.68. The number of oxazole rings is 1. The third-order valence-electron chi connectivity index (χ3n) is 5.01. The van der Waals surface area contributed by atoms with E-state index in [4.69, 9.17) is 4.42 Å². The van der Waals surface area contributed by atoms with Crippen LogP contribution in [0.1, 0.15) is 40.6 Å². The Kier molecular flexibility index (Phi) is 5.03. The number of carbonyl (C=O) groups is 1. The number of nitrogens with one attached hydrogen (secondary N) is 2.